The third-order valence-electron chi connectivity index (χ3n) is 14.9. The van der Waals surface area contributed by atoms with Crippen molar-refractivity contribution in [3.05, 3.63) is 0 Å². The Balaban J connectivity index is 5.23. The molecular weight excluding hydrogens is 1100 g/mol. The minimum atomic E-state index is -4.94. The van der Waals surface area contributed by atoms with E-state index in [9.17, 15) is 43.2 Å². The summed E-state index contributed by atoms with van der Waals surface area (Å²) in [6.07, 6.45) is 44.2. The molecule has 0 aliphatic heterocycles. The van der Waals surface area contributed by atoms with Crippen molar-refractivity contribution in [3.63, 3.8) is 0 Å². The van der Waals surface area contributed by atoms with Crippen molar-refractivity contribution in [1.82, 2.24) is 0 Å². The molecule has 0 fully saturated rings. The van der Waals surface area contributed by atoms with Gasteiger partial charge in [-0.3, -0.25) is 37.3 Å². The van der Waals surface area contributed by atoms with E-state index in [1.807, 2.05) is 0 Å². The zero-order chi connectivity index (χ0) is 61.2. The molecule has 0 saturated heterocycles. The van der Waals surface area contributed by atoms with Crippen molar-refractivity contribution >= 4 is 39.5 Å². The van der Waals surface area contributed by atoms with Crippen LogP contribution in [0, 0.1) is 0 Å². The van der Waals surface area contributed by atoms with Gasteiger partial charge in [-0.25, -0.2) is 9.13 Å². The van der Waals surface area contributed by atoms with Crippen molar-refractivity contribution in [2.75, 3.05) is 39.6 Å². The van der Waals surface area contributed by atoms with Gasteiger partial charge in [0.25, 0.3) is 0 Å². The molecule has 2 unspecified atom stereocenters. The third kappa shape index (κ3) is 58.8. The van der Waals surface area contributed by atoms with Crippen LogP contribution in [0.25, 0.3) is 0 Å². The average Bonchev–Trinajstić information content (AvgIpc) is 3.49. The van der Waals surface area contributed by atoms with Crippen LogP contribution < -0.4 is 0 Å². The lowest BCUT2D eigenvalue weighted by molar-refractivity contribution is -0.161. The van der Waals surface area contributed by atoms with Crippen LogP contribution in [0.2, 0.25) is 0 Å². The first kappa shape index (κ1) is 81.1. The Morgan fingerprint density at radius 3 is 0.711 bits per heavy atom. The number of unbranched alkanes of at least 4 members (excludes halogenated alkanes) is 39. The molecule has 0 aliphatic carbocycles. The summed E-state index contributed by atoms with van der Waals surface area (Å²) in [6.45, 7) is 4.88. The maximum atomic E-state index is 13.0. The topological polar surface area (TPSA) is 237 Å². The fourth-order valence-electron chi connectivity index (χ4n) is 9.63. The van der Waals surface area contributed by atoms with E-state index in [0.29, 0.717) is 25.7 Å². The average molecular weight is 1230 g/mol. The van der Waals surface area contributed by atoms with Crippen molar-refractivity contribution < 1.29 is 80.2 Å². The molecule has 0 rings (SSSR count). The van der Waals surface area contributed by atoms with Gasteiger partial charge in [0.15, 0.2) is 12.2 Å². The molecule has 492 valence electrons. The molecule has 0 aliphatic rings. The zero-order valence-corrected chi connectivity index (χ0v) is 54.9. The number of aliphatic hydroxyl groups is 1. The first-order valence-corrected chi connectivity index (χ1v) is 36.8. The third-order valence-corrected chi connectivity index (χ3v) is 16.8. The van der Waals surface area contributed by atoms with E-state index < -0.39 is 97.5 Å². The zero-order valence-electron chi connectivity index (χ0n) is 53.2. The molecule has 0 heterocycles. The van der Waals surface area contributed by atoms with Gasteiger partial charge in [-0.2, -0.15) is 0 Å². The number of rotatable bonds is 65. The number of hydrogen-bond donors (Lipinski definition) is 3. The largest absolute Gasteiger partial charge is 0.472 e. The number of carbonyl (C=O) groups excluding carboxylic acids is 4. The number of hydrogen-bond acceptors (Lipinski definition) is 15. The molecule has 83 heavy (non-hydrogen) atoms. The quantitative estimate of drug-likeness (QED) is 0.0222. The highest BCUT2D eigenvalue weighted by molar-refractivity contribution is 7.47. The van der Waals surface area contributed by atoms with E-state index in [1.165, 1.54) is 161 Å². The monoisotopic (exact) mass is 1230 g/mol. The molecule has 5 atom stereocenters. The van der Waals surface area contributed by atoms with Crippen LogP contribution in [0.3, 0.4) is 0 Å². The van der Waals surface area contributed by atoms with E-state index in [4.69, 9.17) is 37.0 Å². The lowest BCUT2D eigenvalue weighted by Gasteiger charge is -2.21. The SMILES string of the molecule is CCCCCCCCCCCCCCC(=O)O[C@H](COC(=O)CCCCCCCCCCCCC)COP(=O)(O)OC[C@@H](O)COP(=O)(O)OC[C@@H](COC(=O)CCCCCCCCCCCC)OC(=O)CCCCCCCCCCCC. The lowest BCUT2D eigenvalue weighted by atomic mass is 10.0. The molecule has 17 nitrogen and oxygen atoms in total. The summed E-state index contributed by atoms with van der Waals surface area (Å²) in [5.74, 6) is -2.13. The molecular formula is C64H124O17P2. The smallest absolute Gasteiger partial charge is 0.462 e. The van der Waals surface area contributed by atoms with Gasteiger partial charge < -0.3 is 33.8 Å². The standard InChI is InChI=1S/C64H124O17P2/c1-5-9-13-17-21-25-29-31-35-39-43-47-51-64(69)81-60(55-75-62(67)49-45-41-37-34-30-26-22-18-14-10-6-2)57-79-83(72,73)77-53-58(65)52-76-82(70,71)78-56-59(80-63(68)50-46-42-38-33-28-24-20-16-12-8-4)54-74-61(66)48-44-40-36-32-27-23-19-15-11-7-3/h58-60,65H,5-57H2,1-4H3,(H,70,71)(H,72,73)/t58-,59+,60+/m0/s1. The second kappa shape index (κ2) is 59.0. The van der Waals surface area contributed by atoms with Crippen LogP contribution in [0.5, 0.6) is 0 Å². The Hall–Kier alpha value is -1.94. The minimum absolute atomic E-state index is 0.107. The fourth-order valence-corrected chi connectivity index (χ4v) is 11.2. The number of phosphoric ester groups is 2. The first-order valence-electron chi connectivity index (χ1n) is 33.8. The normalized spacial score (nSPS) is 14.2. The van der Waals surface area contributed by atoms with E-state index in [0.717, 1.165) is 89.9 Å². The van der Waals surface area contributed by atoms with E-state index in [2.05, 4.69) is 27.7 Å². The van der Waals surface area contributed by atoms with Crippen LogP contribution in [0.1, 0.15) is 329 Å². The molecule has 3 N–H and O–H groups in total. The maximum absolute atomic E-state index is 13.0. The molecule has 0 spiro atoms. The molecule has 0 aromatic rings. The maximum Gasteiger partial charge on any atom is 0.472 e. The minimum Gasteiger partial charge on any atom is -0.462 e. The summed E-state index contributed by atoms with van der Waals surface area (Å²) in [5.41, 5.74) is 0. The number of phosphoric acid groups is 2. The summed E-state index contributed by atoms with van der Waals surface area (Å²) in [5, 5.41) is 10.5. The van der Waals surface area contributed by atoms with Crippen LogP contribution in [0.4, 0.5) is 0 Å². The number of ether oxygens (including phenoxy) is 4. The Bertz CT molecular complexity index is 1600. The Morgan fingerprint density at radius 1 is 0.289 bits per heavy atom. The van der Waals surface area contributed by atoms with Gasteiger partial charge in [0.05, 0.1) is 26.4 Å². The molecule has 0 radical (unpaired) electrons. The van der Waals surface area contributed by atoms with E-state index in [-0.39, 0.29) is 25.7 Å². The summed E-state index contributed by atoms with van der Waals surface area (Å²) < 4.78 is 68.0. The molecule has 0 amide bonds. The van der Waals surface area contributed by atoms with Gasteiger partial charge in [-0.05, 0) is 25.7 Å². The molecule has 0 saturated carbocycles. The number of carbonyl (C=O) groups is 4. The molecule has 19 heteroatoms. The highest BCUT2D eigenvalue weighted by Gasteiger charge is 2.30. The first-order chi connectivity index (χ1) is 40.2. The summed E-state index contributed by atoms with van der Waals surface area (Å²) in [7, 11) is -9.88. The predicted octanol–water partition coefficient (Wildman–Crippen LogP) is 17.9. The van der Waals surface area contributed by atoms with Crippen molar-refractivity contribution in [2.24, 2.45) is 0 Å². The van der Waals surface area contributed by atoms with Crippen molar-refractivity contribution in [3.8, 4) is 0 Å². The van der Waals surface area contributed by atoms with Gasteiger partial charge in [0.2, 0.25) is 0 Å². The van der Waals surface area contributed by atoms with Crippen molar-refractivity contribution in [2.45, 2.75) is 348 Å². The summed E-state index contributed by atoms with van der Waals surface area (Å²) in [6, 6.07) is 0. The lowest BCUT2D eigenvalue weighted by Crippen LogP contribution is -2.30. The summed E-state index contributed by atoms with van der Waals surface area (Å²) >= 11 is 0. The van der Waals surface area contributed by atoms with Gasteiger partial charge >= 0.3 is 39.5 Å². The van der Waals surface area contributed by atoms with Crippen LogP contribution in [0.15, 0.2) is 0 Å². The highest BCUT2D eigenvalue weighted by atomic mass is 31.2. The Kier molecular flexibility index (Phi) is 57.7. The Labute approximate surface area is 505 Å². The van der Waals surface area contributed by atoms with Gasteiger partial charge in [0.1, 0.15) is 19.3 Å². The Morgan fingerprint density at radius 2 is 0.482 bits per heavy atom. The van der Waals surface area contributed by atoms with Gasteiger partial charge in [-0.1, -0.05) is 278 Å². The van der Waals surface area contributed by atoms with E-state index >= 15 is 0 Å². The second-order valence-electron chi connectivity index (χ2n) is 23.2. The number of aliphatic hydroxyl groups excluding tert-OH is 1. The van der Waals surface area contributed by atoms with Gasteiger partial charge in [0, 0.05) is 25.7 Å². The fraction of sp³-hybridized carbons (Fsp3) is 0.938. The van der Waals surface area contributed by atoms with E-state index in [1.54, 1.807) is 0 Å². The van der Waals surface area contributed by atoms with Crippen LogP contribution >= 0.6 is 15.6 Å². The number of esters is 4. The van der Waals surface area contributed by atoms with Gasteiger partial charge in [-0.15, -0.1) is 0 Å². The van der Waals surface area contributed by atoms with Crippen LogP contribution in [-0.4, -0.2) is 96.7 Å². The van der Waals surface area contributed by atoms with Crippen LogP contribution in [-0.2, 0) is 65.4 Å². The van der Waals surface area contributed by atoms with Crippen molar-refractivity contribution in [1.29, 1.82) is 0 Å². The highest BCUT2D eigenvalue weighted by Crippen LogP contribution is 2.45. The predicted molar refractivity (Wildman–Crippen MR) is 331 cm³/mol. The molecule has 0 aromatic heterocycles. The molecule has 0 bridgehead atoms. The summed E-state index contributed by atoms with van der Waals surface area (Å²) in [4.78, 5) is 72.2. The molecule has 0 aromatic carbocycles. The second-order valence-corrected chi connectivity index (χ2v) is 26.1.